The number of carbonyl (C=O) groups excluding carboxylic acids is 1. The normalized spacial score (nSPS) is 10.5. The molecule has 0 aliphatic rings. The Hall–Kier alpha value is -2.40. The molecule has 4 nitrogen and oxygen atoms in total. The first-order chi connectivity index (χ1) is 10.2. The Bertz CT molecular complexity index is 730. The molecular weight excluding hydrogens is 284 g/mol. The molecule has 1 amide bonds. The van der Waals surface area contributed by atoms with Gasteiger partial charge in [0.15, 0.2) is 5.13 Å². The van der Waals surface area contributed by atoms with Crippen LogP contribution < -0.4 is 5.32 Å². The highest BCUT2D eigenvalue weighted by atomic mass is 32.1. The van der Waals surface area contributed by atoms with E-state index in [2.05, 4.69) is 10.3 Å². The molecule has 3 rings (SSSR count). The molecule has 0 unspecified atom stereocenters. The van der Waals surface area contributed by atoms with E-state index in [-0.39, 0.29) is 5.91 Å². The van der Waals surface area contributed by atoms with Crippen LogP contribution in [0.2, 0.25) is 0 Å². The smallest absolute Gasteiger partial charge is 0.230 e. The second-order valence-electron chi connectivity index (χ2n) is 4.68. The highest BCUT2D eigenvalue weighted by Gasteiger charge is 2.07. The molecule has 1 N–H and O–H groups in total. The van der Waals surface area contributed by atoms with Gasteiger partial charge in [0.25, 0.3) is 0 Å². The van der Waals surface area contributed by atoms with E-state index in [1.807, 2.05) is 43.3 Å². The van der Waals surface area contributed by atoms with Crippen LogP contribution in [0, 0.1) is 6.92 Å². The van der Waals surface area contributed by atoms with E-state index in [4.69, 9.17) is 4.42 Å². The maximum Gasteiger partial charge on any atom is 0.230 e. The van der Waals surface area contributed by atoms with Gasteiger partial charge in [-0.15, -0.1) is 11.3 Å². The molecule has 0 bridgehead atoms. The Morgan fingerprint density at radius 3 is 2.71 bits per heavy atom. The van der Waals surface area contributed by atoms with Crippen molar-refractivity contribution >= 4 is 22.4 Å². The number of nitrogens with zero attached hydrogens (tertiary/aromatic N) is 1. The monoisotopic (exact) mass is 298 g/mol. The molecule has 0 aliphatic heterocycles. The van der Waals surface area contributed by atoms with Crippen molar-refractivity contribution in [3.8, 4) is 11.3 Å². The molecule has 0 atom stereocenters. The van der Waals surface area contributed by atoms with Crippen LogP contribution in [-0.4, -0.2) is 10.9 Å². The molecule has 0 fully saturated rings. The molecule has 0 saturated carbocycles. The van der Waals surface area contributed by atoms with Crippen LogP contribution in [0.15, 0.2) is 53.3 Å². The number of anilines is 1. The van der Waals surface area contributed by atoms with Gasteiger partial charge in [-0.1, -0.05) is 24.3 Å². The van der Waals surface area contributed by atoms with Crippen LogP contribution in [0.1, 0.15) is 10.4 Å². The number of aryl methyl sites for hydroxylation is 1. The molecule has 5 heteroatoms. The van der Waals surface area contributed by atoms with Gasteiger partial charge in [-0.3, -0.25) is 4.79 Å². The van der Waals surface area contributed by atoms with E-state index in [9.17, 15) is 4.79 Å². The van der Waals surface area contributed by atoms with Crippen molar-refractivity contribution in [3.63, 3.8) is 0 Å². The minimum atomic E-state index is -0.0601. The Balaban J connectivity index is 1.63. The molecule has 2 heterocycles. The van der Waals surface area contributed by atoms with Crippen molar-refractivity contribution in [2.24, 2.45) is 0 Å². The molecule has 0 aliphatic carbocycles. The summed E-state index contributed by atoms with van der Waals surface area (Å²) in [5.74, 6) is 0.763. The number of hydrogen-bond donors (Lipinski definition) is 1. The van der Waals surface area contributed by atoms with Crippen molar-refractivity contribution in [1.29, 1.82) is 0 Å². The fourth-order valence-electron chi connectivity index (χ4n) is 1.99. The van der Waals surface area contributed by atoms with E-state index < -0.39 is 0 Å². The molecule has 106 valence electrons. The topological polar surface area (TPSA) is 55.1 Å². The summed E-state index contributed by atoms with van der Waals surface area (Å²) in [7, 11) is 0. The van der Waals surface area contributed by atoms with E-state index in [0.717, 1.165) is 21.8 Å². The number of hydrogen-bond acceptors (Lipinski definition) is 4. The second kappa shape index (κ2) is 5.93. The molecule has 2 aromatic heterocycles. The van der Waals surface area contributed by atoms with Gasteiger partial charge in [-0.2, -0.15) is 0 Å². The summed E-state index contributed by atoms with van der Waals surface area (Å²) in [5, 5.41) is 3.45. The van der Waals surface area contributed by atoms with Crippen molar-refractivity contribution in [1.82, 2.24) is 4.98 Å². The molecule has 0 spiro atoms. The largest absolute Gasteiger partial charge is 0.464 e. The number of carbonyl (C=O) groups is 1. The predicted octanol–water partition coefficient (Wildman–Crippen LogP) is 3.89. The van der Waals surface area contributed by atoms with Gasteiger partial charge < -0.3 is 9.73 Å². The number of furan rings is 1. The minimum Gasteiger partial charge on any atom is -0.464 e. The highest BCUT2D eigenvalue weighted by Crippen LogP contribution is 2.21. The molecule has 1 aromatic carbocycles. The average molecular weight is 298 g/mol. The summed E-state index contributed by atoms with van der Waals surface area (Å²) in [6.45, 7) is 1.96. The first-order valence-corrected chi connectivity index (χ1v) is 7.37. The fourth-order valence-corrected chi connectivity index (χ4v) is 2.67. The second-order valence-corrected chi connectivity index (χ2v) is 5.91. The van der Waals surface area contributed by atoms with Gasteiger partial charge in [0.2, 0.25) is 5.91 Å². The zero-order valence-corrected chi connectivity index (χ0v) is 12.3. The van der Waals surface area contributed by atoms with E-state index in [0.29, 0.717) is 11.6 Å². The number of aromatic nitrogens is 1. The van der Waals surface area contributed by atoms with Crippen molar-refractivity contribution in [3.05, 3.63) is 59.3 Å². The number of rotatable bonds is 4. The summed E-state index contributed by atoms with van der Waals surface area (Å²) >= 11 is 1.47. The number of thiazole rings is 1. The number of benzene rings is 1. The van der Waals surface area contributed by atoms with Gasteiger partial charge in [0.05, 0.1) is 12.7 Å². The fraction of sp³-hybridized carbons (Fsp3) is 0.125. The van der Waals surface area contributed by atoms with Crippen molar-refractivity contribution in [2.45, 2.75) is 13.3 Å². The summed E-state index contributed by atoms with van der Waals surface area (Å²) in [5.41, 5.74) is 1.95. The zero-order valence-electron chi connectivity index (χ0n) is 11.5. The quantitative estimate of drug-likeness (QED) is 0.795. The first kappa shape index (κ1) is 13.6. The summed E-state index contributed by atoms with van der Waals surface area (Å²) < 4.78 is 5.34. The third kappa shape index (κ3) is 3.38. The van der Waals surface area contributed by atoms with Crippen LogP contribution in [0.4, 0.5) is 5.13 Å². The van der Waals surface area contributed by atoms with Crippen LogP contribution in [0.25, 0.3) is 11.3 Å². The van der Waals surface area contributed by atoms with Gasteiger partial charge >= 0.3 is 0 Å². The molecule has 3 aromatic rings. The van der Waals surface area contributed by atoms with Crippen molar-refractivity contribution in [2.75, 3.05) is 5.32 Å². The van der Waals surface area contributed by atoms with Gasteiger partial charge in [0.1, 0.15) is 5.76 Å². The van der Waals surface area contributed by atoms with Crippen LogP contribution in [-0.2, 0) is 11.2 Å². The maximum atomic E-state index is 11.9. The lowest BCUT2D eigenvalue weighted by Crippen LogP contribution is -2.14. The standard InChI is InChI=1S/C16H14N2O2S/c1-11-10-17-16(21-11)18-15(19)9-12-4-6-13(7-5-12)14-3-2-8-20-14/h2-8,10H,9H2,1H3,(H,17,18,19). The maximum absolute atomic E-state index is 11.9. The predicted molar refractivity (Wildman–Crippen MR) is 83.3 cm³/mol. The third-order valence-electron chi connectivity index (χ3n) is 2.99. The van der Waals surface area contributed by atoms with E-state index in [1.165, 1.54) is 11.3 Å². The summed E-state index contributed by atoms with van der Waals surface area (Å²) in [6, 6.07) is 11.5. The number of amides is 1. The minimum absolute atomic E-state index is 0.0601. The molecular formula is C16H14N2O2S. The van der Waals surface area contributed by atoms with Gasteiger partial charge in [-0.05, 0) is 24.6 Å². The SMILES string of the molecule is Cc1cnc(NC(=O)Cc2ccc(-c3ccco3)cc2)s1. The summed E-state index contributed by atoms with van der Waals surface area (Å²) in [6.07, 6.45) is 3.72. The van der Waals surface area contributed by atoms with Crippen LogP contribution >= 0.6 is 11.3 Å². The lowest BCUT2D eigenvalue weighted by Gasteiger charge is -2.03. The third-order valence-corrected chi connectivity index (χ3v) is 3.82. The van der Waals surface area contributed by atoms with E-state index in [1.54, 1.807) is 12.5 Å². The summed E-state index contributed by atoms with van der Waals surface area (Å²) in [4.78, 5) is 17.1. The zero-order chi connectivity index (χ0) is 14.7. The number of nitrogens with one attached hydrogen (secondary N) is 1. The molecule has 21 heavy (non-hydrogen) atoms. The first-order valence-electron chi connectivity index (χ1n) is 6.56. The van der Waals surface area contributed by atoms with Crippen molar-refractivity contribution < 1.29 is 9.21 Å². The lowest BCUT2D eigenvalue weighted by atomic mass is 10.1. The van der Waals surface area contributed by atoms with Gasteiger partial charge in [-0.25, -0.2) is 4.98 Å². The van der Waals surface area contributed by atoms with Crippen LogP contribution in [0.3, 0.4) is 0 Å². The average Bonchev–Trinajstić information content (AvgIpc) is 3.11. The highest BCUT2D eigenvalue weighted by molar-refractivity contribution is 7.15. The Kier molecular flexibility index (Phi) is 3.83. The Morgan fingerprint density at radius 1 is 1.29 bits per heavy atom. The van der Waals surface area contributed by atoms with E-state index >= 15 is 0 Å². The Morgan fingerprint density at radius 2 is 2.10 bits per heavy atom. The molecule has 0 radical (unpaired) electrons. The lowest BCUT2D eigenvalue weighted by molar-refractivity contribution is -0.115. The van der Waals surface area contributed by atoms with Gasteiger partial charge in [0, 0.05) is 16.6 Å². The Labute approximate surface area is 126 Å². The molecule has 0 saturated heterocycles. The van der Waals surface area contributed by atoms with Crippen LogP contribution in [0.5, 0.6) is 0 Å².